The molecule has 4 nitrogen and oxygen atoms in total. The number of hydrogen-bond acceptors (Lipinski definition) is 3. The number of benzene rings is 2. The molecule has 2 aliphatic rings. The second-order valence-electron chi connectivity index (χ2n) is 6.96. The van der Waals surface area contributed by atoms with Crippen LogP contribution in [0.5, 0.6) is 0 Å². The van der Waals surface area contributed by atoms with Crippen LogP contribution in [0.4, 0.5) is 11.4 Å². The summed E-state index contributed by atoms with van der Waals surface area (Å²) >= 11 is 7.43. The van der Waals surface area contributed by atoms with Gasteiger partial charge in [0.25, 0.3) is 0 Å². The Morgan fingerprint density at radius 1 is 1.19 bits per heavy atom. The summed E-state index contributed by atoms with van der Waals surface area (Å²) in [6, 6.07) is 14.0. The fraction of sp³-hybridized carbons (Fsp3) is 0.333. The summed E-state index contributed by atoms with van der Waals surface area (Å²) in [5.41, 5.74) is 5.49. The second kappa shape index (κ2) is 7.56. The maximum Gasteiger partial charge on any atom is 0.242 e. The van der Waals surface area contributed by atoms with Crippen molar-refractivity contribution in [1.29, 1.82) is 0 Å². The summed E-state index contributed by atoms with van der Waals surface area (Å²) in [6.45, 7) is 1.64. The molecule has 1 aliphatic carbocycles. The molecule has 4 rings (SSSR count). The Morgan fingerprint density at radius 3 is 2.67 bits per heavy atom. The number of carbonyl (C=O) groups is 2. The number of anilines is 2. The first-order chi connectivity index (χ1) is 13.0. The van der Waals surface area contributed by atoms with Gasteiger partial charge in [0.2, 0.25) is 11.8 Å². The van der Waals surface area contributed by atoms with E-state index in [4.69, 9.17) is 11.6 Å². The number of aryl methyl sites for hydroxylation is 2. The molecule has 140 valence electrons. The summed E-state index contributed by atoms with van der Waals surface area (Å²) in [4.78, 5) is 26.2. The molecule has 2 aromatic carbocycles. The molecule has 1 heterocycles. The van der Waals surface area contributed by atoms with Gasteiger partial charge in [-0.05, 0) is 67.1 Å². The molecule has 0 unspecified atom stereocenters. The van der Waals surface area contributed by atoms with E-state index in [1.807, 2.05) is 29.2 Å². The number of fused-ring (bicyclic) bond motifs is 1. The average Bonchev–Trinajstić information content (AvgIpc) is 3.28. The van der Waals surface area contributed by atoms with Crippen LogP contribution >= 0.6 is 23.4 Å². The highest BCUT2D eigenvalue weighted by atomic mass is 35.5. The number of nitrogens with one attached hydrogen (secondary N) is 1. The van der Waals surface area contributed by atoms with Crippen molar-refractivity contribution in [3.8, 4) is 0 Å². The largest absolute Gasteiger partial charge is 0.325 e. The first kappa shape index (κ1) is 18.4. The Kier molecular flexibility index (Phi) is 5.15. The first-order valence-corrected chi connectivity index (χ1v) is 10.6. The van der Waals surface area contributed by atoms with E-state index in [2.05, 4.69) is 23.5 Å². The SMILES string of the molecule is C[C@H](Cl)C(=O)Nc1ccc([C@H]2SCC(=O)N2c2ccc3c(c2)CCC3)cc1. The molecule has 0 spiro atoms. The molecular weight excluding hydrogens is 380 g/mol. The van der Waals surface area contributed by atoms with Crippen molar-refractivity contribution in [2.75, 3.05) is 16.0 Å². The normalized spacial score (nSPS) is 19.9. The minimum Gasteiger partial charge on any atom is -0.325 e. The predicted octanol–water partition coefficient (Wildman–Crippen LogP) is 4.52. The summed E-state index contributed by atoms with van der Waals surface area (Å²) in [5.74, 6) is 0.384. The van der Waals surface area contributed by atoms with Gasteiger partial charge in [0.15, 0.2) is 0 Å². The number of carbonyl (C=O) groups excluding carboxylic acids is 2. The summed E-state index contributed by atoms with van der Waals surface area (Å²) in [7, 11) is 0. The number of hydrogen-bond donors (Lipinski definition) is 1. The van der Waals surface area contributed by atoms with Crippen LogP contribution in [0.15, 0.2) is 42.5 Å². The molecule has 1 saturated heterocycles. The lowest BCUT2D eigenvalue weighted by atomic mass is 10.1. The Balaban J connectivity index is 1.57. The lowest BCUT2D eigenvalue weighted by molar-refractivity contribution is -0.116. The van der Waals surface area contributed by atoms with Crippen LogP contribution in [0.2, 0.25) is 0 Å². The molecule has 1 aliphatic heterocycles. The molecular formula is C21H21ClN2O2S. The van der Waals surface area contributed by atoms with Crippen molar-refractivity contribution in [3.63, 3.8) is 0 Å². The van der Waals surface area contributed by atoms with E-state index in [1.54, 1.807) is 18.7 Å². The van der Waals surface area contributed by atoms with Gasteiger partial charge in [0.05, 0.1) is 5.75 Å². The van der Waals surface area contributed by atoms with Crippen LogP contribution in [-0.4, -0.2) is 22.9 Å². The highest BCUT2D eigenvalue weighted by Crippen LogP contribution is 2.42. The van der Waals surface area contributed by atoms with E-state index in [9.17, 15) is 9.59 Å². The van der Waals surface area contributed by atoms with Crippen LogP contribution in [0.25, 0.3) is 0 Å². The van der Waals surface area contributed by atoms with Gasteiger partial charge >= 0.3 is 0 Å². The minimum absolute atomic E-state index is 0.0475. The second-order valence-corrected chi connectivity index (χ2v) is 8.68. The van der Waals surface area contributed by atoms with Gasteiger partial charge in [0, 0.05) is 11.4 Å². The zero-order valence-electron chi connectivity index (χ0n) is 15.1. The number of rotatable bonds is 4. The number of alkyl halides is 1. The summed E-state index contributed by atoms with van der Waals surface area (Å²) in [6.07, 6.45) is 3.42. The minimum atomic E-state index is -0.581. The third-order valence-electron chi connectivity index (χ3n) is 5.05. The molecule has 0 bridgehead atoms. The van der Waals surface area contributed by atoms with Crippen LogP contribution in [0.3, 0.4) is 0 Å². The van der Waals surface area contributed by atoms with E-state index in [0.717, 1.165) is 24.1 Å². The van der Waals surface area contributed by atoms with Crippen LogP contribution in [0.1, 0.15) is 35.4 Å². The molecule has 0 radical (unpaired) electrons. The lowest BCUT2D eigenvalue weighted by Crippen LogP contribution is -2.28. The van der Waals surface area contributed by atoms with E-state index < -0.39 is 5.38 Å². The Hall–Kier alpha value is -1.98. The highest BCUT2D eigenvalue weighted by molar-refractivity contribution is 8.00. The highest BCUT2D eigenvalue weighted by Gasteiger charge is 2.34. The van der Waals surface area contributed by atoms with Crippen molar-refractivity contribution in [2.45, 2.75) is 36.9 Å². The lowest BCUT2D eigenvalue weighted by Gasteiger charge is -2.25. The smallest absolute Gasteiger partial charge is 0.242 e. The number of amides is 2. The molecule has 2 atom stereocenters. The Morgan fingerprint density at radius 2 is 1.93 bits per heavy atom. The van der Waals surface area contributed by atoms with E-state index in [-0.39, 0.29) is 17.2 Å². The Bertz CT molecular complexity index is 882. The van der Waals surface area contributed by atoms with E-state index in [0.29, 0.717) is 11.4 Å². The van der Waals surface area contributed by atoms with Gasteiger partial charge in [0.1, 0.15) is 10.8 Å². The van der Waals surface area contributed by atoms with Crippen LogP contribution in [-0.2, 0) is 22.4 Å². The molecule has 27 heavy (non-hydrogen) atoms. The predicted molar refractivity (Wildman–Crippen MR) is 112 cm³/mol. The number of halogens is 1. The summed E-state index contributed by atoms with van der Waals surface area (Å²) < 4.78 is 0. The monoisotopic (exact) mass is 400 g/mol. The topological polar surface area (TPSA) is 49.4 Å². The fourth-order valence-electron chi connectivity index (χ4n) is 3.63. The molecule has 2 aromatic rings. The quantitative estimate of drug-likeness (QED) is 0.767. The first-order valence-electron chi connectivity index (χ1n) is 9.13. The zero-order valence-corrected chi connectivity index (χ0v) is 16.6. The van der Waals surface area contributed by atoms with Gasteiger partial charge in [-0.15, -0.1) is 23.4 Å². The molecule has 6 heteroatoms. The third-order valence-corrected chi connectivity index (χ3v) is 6.46. The van der Waals surface area contributed by atoms with Gasteiger partial charge in [-0.2, -0.15) is 0 Å². The van der Waals surface area contributed by atoms with Crippen molar-refractivity contribution in [3.05, 3.63) is 59.2 Å². The maximum atomic E-state index is 12.6. The molecule has 0 aromatic heterocycles. The molecule has 1 N–H and O–H groups in total. The van der Waals surface area contributed by atoms with E-state index in [1.165, 1.54) is 17.5 Å². The molecule has 0 saturated carbocycles. The Labute approximate surface area is 168 Å². The van der Waals surface area contributed by atoms with Gasteiger partial charge in [-0.3, -0.25) is 14.5 Å². The molecule has 1 fully saturated rings. The fourth-order valence-corrected chi connectivity index (χ4v) is 4.86. The average molecular weight is 401 g/mol. The summed E-state index contributed by atoms with van der Waals surface area (Å²) in [5, 5.41) is 2.15. The standard InChI is InChI=1S/C21H21ClN2O2S/c1-13(22)20(26)23-17-8-5-15(6-9-17)21-24(19(25)12-27-21)18-10-7-14-3-2-4-16(14)11-18/h5-11,13,21H,2-4,12H2,1H3,(H,23,26)/t13-,21+/m0/s1. The number of thioether (sulfide) groups is 1. The third kappa shape index (κ3) is 3.71. The molecule has 2 amide bonds. The van der Waals surface area contributed by atoms with Crippen molar-refractivity contribution in [2.24, 2.45) is 0 Å². The van der Waals surface area contributed by atoms with Crippen LogP contribution < -0.4 is 10.2 Å². The van der Waals surface area contributed by atoms with Gasteiger partial charge < -0.3 is 5.32 Å². The van der Waals surface area contributed by atoms with E-state index >= 15 is 0 Å². The maximum absolute atomic E-state index is 12.6. The zero-order chi connectivity index (χ0) is 19.0. The van der Waals surface area contributed by atoms with Gasteiger partial charge in [-0.25, -0.2) is 0 Å². The van der Waals surface area contributed by atoms with Crippen molar-refractivity contribution in [1.82, 2.24) is 0 Å². The van der Waals surface area contributed by atoms with Crippen molar-refractivity contribution >= 4 is 46.6 Å². The van der Waals surface area contributed by atoms with Crippen molar-refractivity contribution < 1.29 is 9.59 Å². The number of nitrogens with zero attached hydrogens (tertiary/aromatic N) is 1. The van der Waals surface area contributed by atoms with Crippen LogP contribution in [0, 0.1) is 0 Å². The van der Waals surface area contributed by atoms with Gasteiger partial charge in [-0.1, -0.05) is 18.2 Å².